The third-order valence-electron chi connectivity index (χ3n) is 5.03. The van der Waals surface area contributed by atoms with Gasteiger partial charge in [0.2, 0.25) is 11.0 Å². The predicted molar refractivity (Wildman–Crippen MR) is 119 cm³/mol. The van der Waals surface area contributed by atoms with Crippen molar-refractivity contribution in [2.24, 2.45) is 5.92 Å². The smallest absolute Gasteiger partial charge is 0.230 e. The van der Waals surface area contributed by atoms with Gasteiger partial charge >= 0.3 is 0 Å². The number of anilines is 2. The Balaban J connectivity index is 1.27. The second-order valence-corrected chi connectivity index (χ2v) is 9.08. The van der Waals surface area contributed by atoms with Crippen molar-refractivity contribution in [2.45, 2.75) is 25.7 Å². The van der Waals surface area contributed by atoms with Gasteiger partial charge in [0, 0.05) is 35.8 Å². The maximum atomic E-state index is 12.3. The van der Waals surface area contributed by atoms with E-state index in [0.717, 1.165) is 43.2 Å². The monoisotopic (exact) mass is 462 g/mol. The van der Waals surface area contributed by atoms with Gasteiger partial charge in [0.15, 0.2) is 5.82 Å². The molecule has 0 aliphatic carbocycles. The molecule has 0 saturated carbocycles. The number of benzene rings is 1. The number of nitrogens with zero attached hydrogens (tertiary/aromatic N) is 5. The van der Waals surface area contributed by atoms with E-state index in [4.69, 9.17) is 23.2 Å². The van der Waals surface area contributed by atoms with Crippen molar-refractivity contribution in [3.63, 3.8) is 0 Å². The molecule has 0 bridgehead atoms. The predicted octanol–water partition coefficient (Wildman–Crippen LogP) is 4.28. The maximum Gasteiger partial charge on any atom is 0.230 e. The van der Waals surface area contributed by atoms with Gasteiger partial charge in [-0.2, -0.15) is 5.10 Å². The average molecular weight is 463 g/mol. The molecule has 2 aromatic heterocycles. The second-order valence-electron chi connectivity index (χ2n) is 7.18. The lowest BCUT2D eigenvalue weighted by Gasteiger charge is -2.32. The molecule has 1 aliphatic rings. The lowest BCUT2D eigenvalue weighted by Crippen LogP contribution is -2.34. The van der Waals surface area contributed by atoms with Crippen molar-refractivity contribution in [3.8, 4) is 0 Å². The van der Waals surface area contributed by atoms with E-state index >= 15 is 0 Å². The molecule has 1 saturated heterocycles. The van der Waals surface area contributed by atoms with Gasteiger partial charge in [0.25, 0.3) is 0 Å². The summed E-state index contributed by atoms with van der Waals surface area (Å²) < 4.78 is 0. The molecular formula is C20H20Cl2N6OS. The van der Waals surface area contributed by atoms with Gasteiger partial charge in [-0.25, -0.2) is 0 Å². The van der Waals surface area contributed by atoms with Crippen molar-refractivity contribution in [3.05, 3.63) is 57.1 Å². The highest BCUT2D eigenvalue weighted by Crippen LogP contribution is 2.27. The van der Waals surface area contributed by atoms with Crippen LogP contribution in [-0.2, 0) is 17.6 Å². The highest BCUT2D eigenvalue weighted by Gasteiger charge is 2.22. The minimum Gasteiger partial charge on any atom is -0.355 e. The van der Waals surface area contributed by atoms with Gasteiger partial charge in [0.05, 0.1) is 6.42 Å². The zero-order chi connectivity index (χ0) is 20.9. The second kappa shape index (κ2) is 9.68. The van der Waals surface area contributed by atoms with Gasteiger partial charge in [-0.05, 0) is 54.7 Å². The zero-order valence-corrected chi connectivity index (χ0v) is 18.4. The summed E-state index contributed by atoms with van der Waals surface area (Å²) >= 11 is 13.5. The Morgan fingerprint density at radius 2 is 2.00 bits per heavy atom. The summed E-state index contributed by atoms with van der Waals surface area (Å²) in [5.74, 6) is 1.27. The molecule has 1 aromatic carbocycles. The number of halogens is 2. The summed E-state index contributed by atoms with van der Waals surface area (Å²) in [5, 5.41) is 21.8. The van der Waals surface area contributed by atoms with Crippen molar-refractivity contribution < 1.29 is 4.79 Å². The Labute approximate surface area is 188 Å². The highest BCUT2D eigenvalue weighted by molar-refractivity contribution is 7.15. The zero-order valence-electron chi connectivity index (χ0n) is 16.1. The molecule has 1 amide bonds. The summed E-state index contributed by atoms with van der Waals surface area (Å²) in [6, 6.07) is 8.98. The van der Waals surface area contributed by atoms with Crippen LogP contribution in [0.3, 0.4) is 0 Å². The van der Waals surface area contributed by atoms with E-state index in [2.05, 4.69) is 30.6 Å². The summed E-state index contributed by atoms with van der Waals surface area (Å²) in [4.78, 5) is 14.6. The first-order chi connectivity index (χ1) is 14.6. The largest absolute Gasteiger partial charge is 0.355 e. The van der Waals surface area contributed by atoms with Crippen molar-refractivity contribution in [1.29, 1.82) is 0 Å². The lowest BCUT2D eigenvalue weighted by atomic mass is 9.94. The number of carbonyl (C=O) groups excluding carboxylic acids is 1. The van der Waals surface area contributed by atoms with Crippen LogP contribution in [0, 0.1) is 5.92 Å². The molecule has 3 heterocycles. The van der Waals surface area contributed by atoms with E-state index in [0.29, 0.717) is 26.7 Å². The molecule has 0 spiro atoms. The lowest BCUT2D eigenvalue weighted by molar-refractivity contribution is -0.115. The van der Waals surface area contributed by atoms with Gasteiger partial charge < -0.3 is 10.2 Å². The van der Waals surface area contributed by atoms with Crippen LogP contribution >= 0.6 is 34.5 Å². The van der Waals surface area contributed by atoms with E-state index in [1.54, 1.807) is 24.4 Å². The number of aromatic nitrogens is 4. The molecule has 156 valence electrons. The van der Waals surface area contributed by atoms with Gasteiger partial charge in [-0.3, -0.25) is 4.79 Å². The summed E-state index contributed by atoms with van der Waals surface area (Å²) in [6.07, 6.45) is 4.80. The van der Waals surface area contributed by atoms with Crippen molar-refractivity contribution in [2.75, 3.05) is 23.3 Å². The van der Waals surface area contributed by atoms with Gasteiger partial charge in [-0.1, -0.05) is 34.5 Å². The average Bonchev–Trinajstić information content (AvgIpc) is 3.18. The summed E-state index contributed by atoms with van der Waals surface area (Å²) in [7, 11) is 0. The standard InChI is InChI=1S/C20H20Cl2N6OS/c21-15-3-4-16(22)14(11-15)12-18(29)24-20-27-26-19(30-20)10-13-5-8-28(9-6-13)17-2-1-7-23-25-17/h1-4,7,11,13H,5-6,8-10,12H2,(H,24,27,29). The number of rotatable bonds is 6. The number of hydrogen-bond donors (Lipinski definition) is 1. The number of carbonyl (C=O) groups is 1. The molecule has 0 radical (unpaired) electrons. The van der Waals surface area contributed by atoms with Crippen LogP contribution < -0.4 is 10.2 Å². The Morgan fingerprint density at radius 3 is 2.77 bits per heavy atom. The summed E-state index contributed by atoms with van der Waals surface area (Å²) in [6.45, 7) is 1.90. The maximum absolute atomic E-state index is 12.3. The number of hydrogen-bond acceptors (Lipinski definition) is 7. The molecule has 1 fully saturated rings. The molecule has 1 N–H and O–H groups in total. The molecule has 30 heavy (non-hydrogen) atoms. The number of nitrogens with one attached hydrogen (secondary N) is 1. The molecule has 10 heteroatoms. The van der Waals surface area contributed by atoms with E-state index in [9.17, 15) is 4.79 Å². The normalized spacial score (nSPS) is 14.7. The molecule has 3 aromatic rings. The summed E-state index contributed by atoms with van der Waals surface area (Å²) in [5.41, 5.74) is 0.682. The van der Waals surface area contributed by atoms with E-state index < -0.39 is 0 Å². The van der Waals surface area contributed by atoms with E-state index in [1.807, 2.05) is 12.1 Å². The van der Waals surface area contributed by atoms with Crippen LogP contribution in [0.15, 0.2) is 36.5 Å². The van der Waals surface area contributed by atoms with Crippen LogP contribution in [0.4, 0.5) is 10.9 Å². The molecule has 7 nitrogen and oxygen atoms in total. The highest BCUT2D eigenvalue weighted by atomic mass is 35.5. The molecule has 4 rings (SSSR count). The fourth-order valence-corrected chi connectivity index (χ4v) is 4.73. The fourth-order valence-electron chi connectivity index (χ4n) is 3.48. The van der Waals surface area contributed by atoms with Gasteiger partial charge in [-0.15, -0.1) is 15.3 Å². The van der Waals surface area contributed by atoms with Gasteiger partial charge in [0.1, 0.15) is 5.01 Å². The third kappa shape index (κ3) is 5.44. The van der Waals surface area contributed by atoms with Crippen LogP contribution in [0.25, 0.3) is 0 Å². The van der Waals surface area contributed by atoms with E-state index in [1.165, 1.54) is 11.3 Å². The fraction of sp³-hybridized carbons (Fsp3) is 0.350. The van der Waals surface area contributed by atoms with Crippen LogP contribution in [0.1, 0.15) is 23.4 Å². The first kappa shape index (κ1) is 21.0. The minimum absolute atomic E-state index is 0.134. The Bertz CT molecular complexity index is 1010. The van der Waals surface area contributed by atoms with E-state index in [-0.39, 0.29) is 12.3 Å². The van der Waals surface area contributed by atoms with Crippen LogP contribution in [-0.4, -0.2) is 39.4 Å². The Hall–Kier alpha value is -2.29. The van der Waals surface area contributed by atoms with Crippen LogP contribution in [0.5, 0.6) is 0 Å². The molecule has 1 aliphatic heterocycles. The first-order valence-corrected chi connectivity index (χ1v) is 11.2. The third-order valence-corrected chi connectivity index (χ3v) is 6.50. The Kier molecular flexibility index (Phi) is 6.76. The number of piperidine rings is 1. The minimum atomic E-state index is -0.195. The van der Waals surface area contributed by atoms with Crippen molar-refractivity contribution >= 4 is 51.4 Å². The Morgan fingerprint density at radius 1 is 1.17 bits per heavy atom. The van der Waals surface area contributed by atoms with Crippen molar-refractivity contribution in [1.82, 2.24) is 20.4 Å². The topological polar surface area (TPSA) is 83.9 Å². The first-order valence-electron chi connectivity index (χ1n) is 9.65. The SMILES string of the molecule is O=C(Cc1cc(Cl)ccc1Cl)Nc1nnc(CC2CCN(c3cccnn3)CC2)s1. The molecule has 0 unspecified atom stereocenters. The van der Waals surface area contributed by atoms with Crippen LogP contribution in [0.2, 0.25) is 10.0 Å². The molecule has 0 atom stereocenters. The molecular weight excluding hydrogens is 443 g/mol. The quantitative estimate of drug-likeness (QED) is 0.588. The number of amides is 1.